The molecule has 33 heavy (non-hydrogen) atoms. The van der Waals surface area contributed by atoms with E-state index >= 15 is 0 Å². The van der Waals surface area contributed by atoms with E-state index in [1.165, 1.54) is 33.1 Å². The minimum atomic E-state index is -0.710. The van der Waals surface area contributed by atoms with Gasteiger partial charge in [-0.1, -0.05) is 42.1 Å². The monoisotopic (exact) mass is 468 g/mol. The number of rotatable bonds is 10. The molecule has 1 aromatic heterocycles. The summed E-state index contributed by atoms with van der Waals surface area (Å²) >= 11 is 1.25. The van der Waals surface area contributed by atoms with Crippen molar-refractivity contribution in [1.29, 1.82) is 0 Å². The Labute approximate surface area is 195 Å². The highest BCUT2D eigenvalue weighted by Gasteiger charge is 2.18. The zero-order valence-corrected chi connectivity index (χ0v) is 19.3. The number of thioether (sulfide) groups is 1. The van der Waals surface area contributed by atoms with Gasteiger partial charge in [-0.25, -0.2) is 0 Å². The zero-order chi connectivity index (χ0) is 23.2. The lowest BCUT2D eigenvalue weighted by atomic mass is 10.1. The normalized spacial score (nSPS) is 11.9. The number of nitrogens with zero attached hydrogens (tertiary/aromatic N) is 2. The summed E-state index contributed by atoms with van der Waals surface area (Å²) in [6.07, 6.45) is -0.710. The molecule has 0 fully saturated rings. The molecule has 9 heteroatoms. The molecule has 3 aromatic carbocycles. The fourth-order valence-electron chi connectivity index (χ4n) is 3.25. The fraction of sp³-hybridized carbons (Fsp3) is 0.250. The van der Waals surface area contributed by atoms with Crippen LogP contribution in [0.2, 0.25) is 0 Å². The number of benzene rings is 3. The highest BCUT2D eigenvalue weighted by Crippen LogP contribution is 2.41. The summed E-state index contributed by atoms with van der Waals surface area (Å²) in [5, 5.41) is 21.0. The summed E-state index contributed by atoms with van der Waals surface area (Å²) in [7, 11) is 4.62. The topological polar surface area (TPSA) is 96.1 Å². The molecular formula is C24H24N2O6S. The third-order valence-electron chi connectivity index (χ3n) is 4.88. The molecule has 0 aliphatic carbocycles. The lowest BCUT2D eigenvalue weighted by Crippen LogP contribution is -2.20. The van der Waals surface area contributed by atoms with Gasteiger partial charge in [0.2, 0.25) is 11.6 Å². The third-order valence-corrected chi connectivity index (χ3v) is 5.84. The highest BCUT2D eigenvalue weighted by atomic mass is 32.2. The quantitative estimate of drug-likeness (QED) is 0.339. The molecule has 4 aromatic rings. The minimum Gasteiger partial charge on any atom is -0.493 e. The average molecular weight is 469 g/mol. The molecule has 1 N–H and O–H groups in total. The van der Waals surface area contributed by atoms with Crippen LogP contribution in [0.1, 0.15) is 0 Å². The van der Waals surface area contributed by atoms with Gasteiger partial charge >= 0.3 is 0 Å². The van der Waals surface area contributed by atoms with Crippen LogP contribution in [0.3, 0.4) is 0 Å². The second kappa shape index (κ2) is 10.5. The summed E-state index contributed by atoms with van der Waals surface area (Å²) in [5.41, 5.74) is 0.629. The van der Waals surface area contributed by atoms with E-state index < -0.39 is 6.10 Å². The first-order valence-electron chi connectivity index (χ1n) is 10.2. The van der Waals surface area contributed by atoms with Gasteiger partial charge in [0, 0.05) is 11.3 Å². The molecule has 1 unspecified atom stereocenters. The van der Waals surface area contributed by atoms with Gasteiger partial charge in [0.1, 0.15) is 12.4 Å². The number of hydrogen-bond donors (Lipinski definition) is 1. The van der Waals surface area contributed by atoms with Gasteiger partial charge in [0.15, 0.2) is 11.5 Å². The van der Waals surface area contributed by atoms with Gasteiger partial charge < -0.3 is 28.5 Å². The maximum Gasteiger partial charge on any atom is 0.276 e. The summed E-state index contributed by atoms with van der Waals surface area (Å²) < 4.78 is 27.6. The fourth-order valence-corrected chi connectivity index (χ4v) is 3.92. The molecular weight excluding hydrogens is 444 g/mol. The van der Waals surface area contributed by atoms with Crippen molar-refractivity contribution in [2.75, 3.05) is 33.7 Å². The summed E-state index contributed by atoms with van der Waals surface area (Å²) in [6, 6.07) is 17.3. The van der Waals surface area contributed by atoms with Gasteiger partial charge in [-0.2, -0.15) is 0 Å². The molecule has 0 spiro atoms. The minimum absolute atomic E-state index is 0.152. The van der Waals surface area contributed by atoms with Crippen LogP contribution in [-0.4, -0.2) is 55.1 Å². The lowest BCUT2D eigenvalue weighted by Gasteiger charge is -2.12. The summed E-state index contributed by atoms with van der Waals surface area (Å²) in [6.45, 7) is 0.152. The molecule has 0 bridgehead atoms. The van der Waals surface area contributed by atoms with Crippen LogP contribution in [0, 0.1) is 0 Å². The molecule has 4 rings (SSSR count). The number of methoxy groups -OCH3 is 3. The molecule has 0 aliphatic rings. The Morgan fingerprint density at radius 2 is 1.64 bits per heavy atom. The predicted octanol–water partition coefficient (Wildman–Crippen LogP) is 4.45. The van der Waals surface area contributed by atoms with Crippen LogP contribution >= 0.6 is 11.8 Å². The number of aliphatic hydroxyl groups excluding tert-OH is 1. The molecule has 0 aliphatic heterocycles. The van der Waals surface area contributed by atoms with Crippen LogP contribution in [-0.2, 0) is 0 Å². The van der Waals surface area contributed by atoms with Crippen LogP contribution in [0.15, 0.2) is 64.2 Å². The van der Waals surface area contributed by atoms with E-state index in [9.17, 15) is 5.11 Å². The number of fused-ring (bicyclic) bond motifs is 1. The second-order valence-corrected chi connectivity index (χ2v) is 8.04. The van der Waals surface area contributed by atoms with E-state index in [4.69, 9.17) is 23.4 Å². The van der Waals surface area contributed by atoms with E-state index in [0.717, 1.165) is 10.8 Å². The van der Waals surface area contributed by atoms with Gasteiger partial charge in [-0.05, 0) is 35.0 Å². The largest absolute Gasteiger partial charge is 0.493 e. The Hall–Kier alpha value is -3.43. The summed E-state index contributed by atoms with van der Waals surface area (Å²) in [4.78, 5) is 0. The van der Waals surface area contributed by atoms with Gasteiger partial charge in [0.25, 0.3) is 5.22 Å². The van der Waals surface area contributed by atoms with Gasteiger partial charge in [-0.3, -0.25) is 0 Å². The Morgan fingerprint density at radius 3 is 2.33 bits per heavy atom. The van der Waals surface area contributed by atoms with Crippen molar-refractivity contribution >= 4 is 22.5 Å². The van der Waals surface area contributed by atoms with Crippen LogP contribution in [0.25, 0.3) is 22.2 Å². The predicted molar refractivity (Wildman–Crippen MR) is 126 cm³/mol. The maximum absolute atomic E-state index is 10.3. The number of aliphatic hydroxyl groups is 1. The standard InChI is InChI=1S/C24H24N2O6S/c1-28-20-11-17(12-21(29-2)22(20)30-3)23-25-26-24(32-23)33-14-18(27)13-31-19-9-8-15-6-4-5-7-16(15)10-19/h4-12,18,27H,13-14H2,1-3H3. The zero-order valence-electron chi connectivity index (χ0n) is 18.5. The molecule has 0 saturated carbocycles. The molecule has 0 radical (unpaired) electrons. The maximum atomic E-state index is 10.3. The van der Waals surface area contributed by atoms with E-state index in [2.05, 4.69) is 10.2 Å². The van der Waals surface area contributed by atoms with E-state index in [1.807, 2.05) is 42.5 Å². The smallest absolute Gasteiger partial charge is 0.276 e. The first kappa shape index (κ1) is 22.8. The third kappa shape index (κ3) is 5.32. The van der Waals surface area contributed by atoms with E-state index in [1.54, 1.807) is 12.1 Å². The van der Waals surface area contributed by atoms with E-state index in [-0.39, 0.29) is 6.61 Å². The molecule has 172 valence electrons. The van der Waals surface area contributed by atoms with Gasteiger partial charge in [-0.15, -0.1) is 10.2 Å². The van der Waals surface area contributed by atoms with Crippen molar-refractivity contribution in [2.45, 2.75) is 11.3 Å². The Kier molecular flexibility index (Phi) is 7.21. The van der Waals surface area contributed by atoms with Gasteiger partial charge in [0.05, 0.1) is 27.4 Å². The lowest BCUT2D eigenvalue weighted by molar-refractivity contribution is 0.126. The van der Waals surface area contributed by atoms with Crippen LogP contribution in [0.5, 0.6) is 23.0 Å². The molecule has 0 amide bonds. The van der Waals surface area contributed by atoms with E-state index in [0.29, 0.717) is 45.4 Å². The Bertz CT molecular complexity index is 1200. The number of aromatic nitrogens is 2. The molecule has 1 atom stereocenters. The van der Waals surface area contributed by atoms with Crippen molar-refractivity contribution in [3.8, 4) is 34.5 Å². The van der Waals surface area contributed by atoms with Crippen LogP contribution < -0.4 is 18.9 Å². The van der Waals surface area contributed by atoms with Crippen molar-refractivity contribution in [3.05, 3.63) is 54.6 Å². The Morgan fingerprint density at radius 1 is 0.909 bits per heavy atom. The van der Waals surface area contributed by atoms with Crippen LogP contribution in [0.4, 0.5) is 0 Å². The van der Waals surface area contributed by atoms with Crippen molar-refractivity contribution in [2.24, 2.45) is 0 Å². The molecule has 8 nitrogen and oxygen atoms in total. The van der Waals surface area contributed by atoms with Crippen molar-refractivity contribution < 1.29 is 28.5 Å². The summed E-state index contributed by atoms with van der Waals surface area (Å²) in [5.74, 6) is 2.80. The second-order valence-electron chi connectivity index (χ2n) is 7.07. The number of ether oxygens (including phenoxy) is 4. The molecule has 1 heterocycles. The number of hydrogen-bond acceptors (Lipinski definition) is 9. The SMILES string of the molecule is COc1cc(-c2nnc(SCC(O)COc3ccc4ccccc4c3)o2)cc(OC)c1OC. The van der Waals surface area contributed by atoms with Crippen molar-refractivity contribution in [1.82, 2.24) is 10.2 Å². The highest BCUT2D eigenvalue weighted by molar-refractivity contribution is 7.99. The molecule has 0 saturated heterocycles. The average Bonchev–Trinajstić information content (AvgIpc) is 3.34. The first-order valence-corrected chi connectivity index (χ1v) is 11.2. The first-order chi connectivity index (χ1) is 16.1. The van der Waals surface area contributed by atoms with Crippen molar-refractivity contribution in [3.63, 3.8) is 0 Å². The Balaban J connectivity index is 1.35.